The van der Waals surface area contributed by atoms with Crippen molar-refractivity contribution in [3.63, 3.8) is 0 Å². The Balaban J connectivity index is 1.66. The predicted octanol–water partition coefficient (Wildman–Crippen LogP) is 5.97. The Labute approximate surface area is 241 Å². The molecule has 7 nitrogen and oxygen atoms in total. The number of nitrogens with one attached hydrogen (secondary N) is 1. The first-order chi connectivity index (χ1) is 19.5. The molecule has 0 aliphatic heterocycles. The molecule has 1 aromatic heterocycles. The summed E-state index contributed by atoms with van der Waals surface area (Å²) in [4.78, 5) is 30.6. The van der Waals surface area contributed by atoms with Gasteiger partial charge in [-0.2, -0.15) is 0 Å². The van der Waals surface area contributed by atoms with E-state index in [2.05, 4.69) is 5.32 Å². The molecule has 40 heavy (non-hydrogen) atoms. The molecule has 1 saturated carbocycles. The van der Waals surface area contributed by atoms with E-state index in [0.29, 0.717) is 31.1 Å². The minimum Gasteiger partial charge on any atom is -0.494 e. The van der Waals surface area contributed by atoms with E-state index in [0.717, 1.165) is 47.4 Å². The van der Waals surface area contributed by atoms with Crippen LogP contribution in [-0.4, -0.2) is 50.1 Å². The van der Waals surface area contributed by atoms with E-state index in [1.165, 1.54) is 6.42 Å². The molecule has 214 valence electrons. The Morgan fingerprint density at radius 2 is 1.75 bits per heavy atom. The van der Waals surface area contributed by atoms with Gasteiger partial charge in [0.1, 0.15) is 11.8 Å². The molecule has 0 spiro atoms. The van der Waals surface area contributed by atoms with Gasteiger partial charge in [-0.1, -0.05) is 43.5 Å². The van der Waals surface area contributed by atoms with Crippen LogP contribution in [0.1, 0.15) is 61.1 Å². The number of ether oxygens (including phenoxy) is 3. The zero-order valence-electron chi connectivity index (χ0n) is 23.7. The third-order valence-corrected chi connectivity index (χ3v) is 8.21. The number of rotatable bonds is 13. The number of carbonyl (C=O) groups excluding carboxylic acids is 2. The standard InChI is InChI=1S/C32H40N2O5S/c1-4-39-26-15-13-24(14-16-26)31(32(36)33-25-9-6-5-7-10-25)34(30(35)22-27-11-8-20-40-27)19-18-23-12-17-28(37-2)29(21-23)38-3/h8,11-17,20-21,25,31H,4-7,9-10,18-19,22H2,1-3H3,(H,33,36)/t31-/m1/s1. The average molecular weight is 565 g/mol. The van der Waals surface area contributed by atoms with Crippen molar-refractivity contribution < 1.29 is 23.8 Å². The zero-order chi connectivity index (χ0) is 28.3. The first-order valence-corrected chi connectivity index (χ1v) is 15.0. The summed E-state index contributed by atoms with van der Waals surface area (Å²) in [5.41, 5.74) is 1.76. The highest BCUT2D eigenvalue weighted by atomic mass is 32.1. The van der Waals surface area contributed by atoms with Crippen LogP contribution in [0.15, 0.2) is 60.0 Å². The summed E-state index contributed by atoms with van der Waals surface area (Å²) in [6.07, 6.45) is 6.16. The second-order valence-corrected chi connectivity index (χ2v) is 11.1. The lowest BCUT2D eigenvalue weighted by atomic mass is 9.94. The van der Waals surface area contributed by atoms with Gasteiger partial charge in [0.05, 0.1) is 27.2 Å². The topological polar surface area (TPSA) is 77.1 Å². The second-order valence-electron chi connectivity index (χ2n) is 10.0. The average Bonchev–Trinajstić information content (AvgIpc) is 3.49. The monoisotopic (exact) mass is 564 g/mol. The van der Waals surface area contributed by atoms with Gasteiger partial charge >= 0.3 is 0 Å². The number of nitrogens with zero attached hydrogens (tertiary/aromatic N) is 1. The number of thiophene rings is 1. The number of amides is 2. The van der Waals surface area contributed by atoms with Crippen LogP contribution in [0, 0.1) is 0 Å². The number of methoxy groups -OCH3 is 2. The maximum atomic E-state index is 14.0. The van der Waals surface area contributed by atoms with Gasteiger partial charge in [-0.05, 0) is 73.0 Å². The quantitative estimate of drug-likeness (QED) is 0.277. The lowest BCUT2D eigenvalue weighted by molar-refractivity contribution is -0.140. The summed E-state index contributed by atoms with van der Waals surface area (Å²) in [6.45, 7) is 2.87. The fraction of sp³-hybridized carbons (Fsp3) is 0.438. The number of hydrogen-bond donors (Lipinski definition) is 1. The maximum Gasteiger partial charge on any atom is 0.247 e. The third kappa shape index (κ3) is 7.78. The summed E-state index contributed by atoms with van der Waals surface area (Å²) in [7, 11) is 3.21. The maximum absolute atomic E-state index is 14.0. The second kappa shape index (κ2) is 14.7. The highest BCUT2D eigenvalue weighted by Gasteiger charge is 2.33. The third-order valence-electron chi connectivity index (χ3n) is 7.33. The van der Waals surface area contributed by atoms with E-state index in [-0.39, 0.29) is 24.3 Å². The van der Waals surface area contributed by atoms with Gasteiger partial charge in [0.25, 0.3) is 0 Å². The van der Waals surface area contributed by atoms with Gasteiger partial charge in [-0.25, -0.2) is 0 Å². The first kappa shape index (κ1) is 29.5. The van der Waals surface area contributed by atoms with Gasteiger partial charge in [-0.3, -0.25) is 9.59 Å². The molecule has 1 fully saturated rings. The van der Waals surface area contributed by atoms with Crippen LogP contribution in [0.4, 0.5) is 0 Å². The normalized spacial score (nSPS) is 14.3. The molecule has 1 N–H and O–H groups in total. The minimum absolute atomic E-state index is 0.0828. The Kier molecular flexibility index (Phi) is 10.9. The minimum atomic E-state index is -0.759. The molecule has 4 rings (SSSR count). The molecular weight excluding hydrogens is 524 g/mol. The van der Waals surface area contributed by atoms with Gasteiger partial charge < -0.3 is 24.4 Å². The van der Waals surface area contributed by atoms with Crippen LogP contribution in [0.5, 0.6) is 17.2 Å². The summed E-state index contributed by atoms with van der Waals surface area (Å²) in [5.74, 6) is 1.80. The Morgan fingerprint density at radius 1 is 1.00 bits per heavy atom. The molecule has 2 aromatic carbocycles. The Morgan fingerprint density at radius 3 is 2.40 bits per heavy atom. The number of benzene rings is 2. The van der Waals surface area contributed by atoms with E-state index in [1.807, 2.05) is 66.9 Å². The van der Waals surface area contributed by atoms with E-state index in [4.69, 9.17) is 14.2 Å². The van der Waals surface area contributed by atoms with Crippen molar-refractivity contribution in [2.45, 2.75) is 64.0 Å². The van der Waals surface area contributed by atoms with Gasteiger partial charge in [0.15, 0.2) is 11.5 Å². The molecule has 8 heteroatoms. The summed E-state index contributed by atoms with van der Waals surface area (Å²) < 4.78 is 16.5. The van der Waals surface area contributed by atoms with Crippen molar-refractivity contribution in [3.05, 3.63) is 76.0 Å². The summed E-state index contributed by atoms with van der Waals surface area (Å²) in [5, 5.41) is 5.25. The van der Waals surface area contributed by atoms with E-state index >= 15 is 0 Å². The van der Waals surface area contributed by atoms with Gasteiger partial charge in [0, 0.05) is 17.5 Å². The molecule has 1 aliphatic rings. The summed E-state index contributed by atoms with van der Waals surface area (Å²) >= 11 is 1.55. The van der Waals surface area contributed by atoms with Crippen LogP contribution >= 0.6 is 11.3 Å². The van der Waals surface area contributed by atoms with Gasteiger partial charge in [0.2, 0.25) is 11.8 Å². The van der Waals surface area contributed by atoms with Crippen molar-refractivity contribution in [1.29, 1.82) is 0 Å². The SMILES string of the molecule is CCOc1ccc([C@H](C(=O)NC2CCCCC2)N(CCc2ccc(OC)c(OC)c2)C(=O)Cc2cccs2)cc1. The van der Waals surface area contributed by atoms with Crippen LogP contribution in [0.3, 0.4) is 0 Å². The summed E-state index contributed by atoms with van der Waals surface area (Å²) in [6, 6.07) is 16.6. The molecule has 2 amide bonds. The fourth-order valence-electron chi connectivity index (χ4n) is 5.26. The molecule has 1 aliphatic carbocycles. The van der Waals surface area contributed by atoms with Crippen LogP contribution in [-0.2, 0) is 22.4 Å². The molecule has 0 unspecified atom stereocenters. The molecule has 0 radical (unpaired) electrons. The van der Waals surface area contributed by atoms with Crippen LogP contribution < -0.4 is 19.5 Å². The largest absolute Gasteiger partial charge is 0.494 e. The van der Waals surface area contributed by atoms with Crippen molar-refractivity contribution in [1.82, 2.24) is 10.2 Å². The van der Waals surface area contributed by atoms with E-state index in [1.54, 1.807) is 30.5 Å². The number of carbonyl (C=O) groups is 2. The van der Waals surface area contributed by atoms with Crippen LogP contribution in [0.25, 0.3) is 0 Å². The lowest BCUT2D eigenvalue weighted by Gasteiger charge is -2.33. The van der Waals surface area contributed by atoms with E-state index in [9.17, 15) is 9.59 Å². The van der Waals surface area contributed by atoms with Crippen molar-refractivity contribution in [2.24, 2.45) is 0 Å². The predicted molar refractivity (Wildman–Crippen MR) is 158 cm³/mol. The van der Waals surface area contributed by atoms with Crippen molar-refractivity contribution in [2.75, 3.05) is 27.4 Å². The smallest absolute Gasteiger partial charge is 0.247 e. The van der Waals surface area contributed by atoms with E-state index < -0.39 is 6.04 Å². The fourth-order valence-corrected chi connectivity index (χ4v) is 5.96. The Hall–Kier alpha value is -3.52. The molecule has 0 saturated heterocycles. The highest BCUT2D eigenvalue weighted by molar-refractivity contribution is 7.10. The zero-order valence-corrected chi connectivity index (χ0v) is 24.5. The molecule has 1 heterocycles. The first-order valence-electron chi connectivity index (χ1n) is 14.1. The Bertz CT molecular complexity index is 1220. The van der Waals surface area contributed by atoms with Crippen molar-refractivity contribution in [3.8, 4) is 17.2 Å². The lowest BCUT2D eigenvalue weighted by Crippen LogP contribution is -2.48. The van der Waals surface area contributed by atoms with Crippen molar-refractivity contribution >= 4 is 23.2 Å². The number of hydrogen-bond acceptors (Lipinski definition) is 6. The molecular formula is C32H40N2O5S. The van der Waals surface area contributed by atoms with Gasteiger partial charge in [-0.15, -0.1) is 11.3 Å². The molecule has 1 atom stereocenters. The highest BCUT2D eigenvalue weighted by Crippen LogP contribution is 2.30. The molecule has 0 bridgehead atoms. The molecule has 3 aromatic rings. The van der Waals surface area contributed by atoms with Crippen LogP contribution in [0.2, 0.25) is 0 Å².